The van der Waals surface area contributed by atoms with E-state index >= 15 is 0 Å². The van der Waals surface area contributed by atoms with Gasteiger partial charge >= 0.3 is 0 Å². The van der Waals surface area contributed by atoms with Crippen molar-refractivity contribution < 1.29 is 9.18 Å². The summed E-state index contributed by atoms with van der Waals surface area (Å²) in [5.74, 6) is -0.325. The van der Waals surface area contributed by atoms with Crippen molar-refractivity contribution in [3.63, 3.8) is 0 Å². The van der Waals surface area contributed by atoms with Gasteiger partial charge in [0.15, 0.2) is 5.13 Å². The van der Waals surface area contributed by atoms with Gasteiger partial charge in [-0.3, -0.25) is 9.48 Å². The number of nitrogens with zero attached hydrogens (tertiary/aromatic N) is 3. The van der Waals surface area contributed by atoms with Crippen molar-refractivity contribution in [2.45, 2.75) is 33.6 Å². The van der Waals surface area contributed by atoms with Crippen molar-refractivity contribution >= 4 is 22.4 Å². The third kappa shape index (κ3) is 3.99. The number of amides is 1. The smallest absolute Gasteiger partial charge is 0.230 e. The predicted octanol–water partition coefficient (Wildman–Crippen LogP) is 3.71. The van der Waals surface area contributed by atoms with Gasteiger partial charge in [0.2, 0.25) is 5.91 Å². The van der Waals surface area contributed by atoms with E-state index in [0.717, 1.165) is 27.4 Å². The summed E-state index contributed by atoms with van der Waals surface area (Å²) >= 11 is 1.40. The Morgan fingerprint density at radius 2 is 2.08 bits per heavy atom. The molecule has 0 aliphatic rings. The molecule has 26 heavy (non-hydrogen) atoms. The maximum atomic E-state index is 13.7. The minimum atomic E-state index is -0.206. The van der Waals surface area contributed by atoms with E-state index in [-0.39, 0.29) is 18.1 Å². The van der Waals surface area contributed by atoms with E-state index in [9.17, 15) is 9.18 Å². The molecule has 1 amide bonds. The van der Waals surface area contributed by atoms with Gasteiger partial charge in [-0.05, 0) is 38.0 Å². The molecule has 3 rings (SSSR count). The van der Waals surface area contributed by atoms with E-state index in [1.54, 1.807) is 29.9 Å². The summed E-state index contributed by atoms with van der Waals surface area (Å²) in [4.78, 5) is 17.5. The lowest BCUT2D eigenvalue weighted by Gasteiger charge is -2.03. The number of aromatic nitrogens is 3. The highest BCUT2D eigenvalue weighted by Gasteiger charge is 2.15. The Hall–Kier alpha value is -2.54. The quantitative estimate of drug-likeness (QED) is 0.743. The first-order valence-corrected chi connectivity index (χ1v) is 9.14. The second kappa shape index (κ2) is 7.37. The summed E-state index contributed by atoms with van der Waals surface area (Å²) in [6, 6.07) is 5.22. The van der Waals surface area contributed by atoms with Gasteiger partial charge in [0, 0.05) is 35.8 Å². The van der Waals surface area contributed by atoms with Crippen LogP contribution in [0.3, 0.4) is 0 Å². The molecule has 0 saturated carbocycles. The van der Waals surface area contributed by atoms with Crippen LogP contribution in [0, 0.1) is 26.6 Å². The molecule has 0 saturated heterocycles. The van der Waals surface area contributed by atoms with E-state index in [4.69, 9.17) is 0 Å². The van der Waals surface area contributed by atoms with E-state index in [2.05, 4.69) is 15.4 Å². The standard InChI is InChI=1S/C19H21FN4OS/c1-11-5-6-14(8-17(11)20)7-15-10-21-19(26-15)22-18(25)9-16-12(2)23-24(4)13(16)3/h5-6,8,10H,7,9H2,1-4H3,(H,21,22,25). The van der Waals surface area contributed by atoms with Crippen LogP contribution in [0.4, 0.5) is 9.52 Å². The van der Waals surface area contributed by atoms with E-state index < -0.39 is 0 Å². The number of halogens is 1. The molecular formula is C19H21FN4OS. The number of hydrogen-bond donors (Lipinski definition) is 1. The van der Waals surface area contributed by atoms with Gasteiger partial charge in [0.05, 0.1) is 12.1 Å². The summed E-state index contributed by atoms with van der Waals surface area (Å²) < 4.78 is 15.4. The Balaban J connectivity index is 1.64. The topological polar surface area (TPSA) is 59.8 Å². The van der Waals surface area contributed by atoms with Crippen LogP contribution < -0.4 is 5.32 Å². The monoisotopic (exact) mass is 372 g/mol. The lowest BCUT2D eigenvalue weighted by Crippen LogP contribution is -2.15. The normalized spacial score (nSPS) is 11.0. The van der Waals surface area contributed by atoms with Crippen LogP contribution in [0.15, 0.2) is 24.4 Å². The Labute approximate surface area is 155 Å². The Morgan fingerprint density at radius 1 is 1.31 bits per heavy atom. The van der Waals surface area contributed by atoms with Gasteiger partial charge in [-0.15, -0.1) is 11.3 Å². The summed E-state index contributed by atoms with van der Waals surface area (Å²) in [7, 11) is 1.87. The Kier molecular flexibility index (Phi) is 5.18. The van der Waals surface area contributed by atoms with Crippen LogP contribution >= 0.6 is 11.3 Å². The minimum Gasteiger partial charge on any atom is -0.302 e. The highest BCUT2D eigenvalue weighted by Crippen LogP contribution is 2.22. The Bertz CT molecular complexity index is 961. The molecule has 2 aromatic heterocycles. The van der Waals surface area contributed by atoms with Gasteiger partial charge < -0.3 is 5.32 Å². The minimum absolute atomic E-state index is 0.119. The summed E-state index contributed by atoms with van der Waals surface area (Å²) in [5, 5.41) is 7.72. The SMILES string of the molecule is Cc1ccc(Cc2cnc(NC(=O)Cc3c(C)nn(C)c3C)s2)cc1F. The van der Waals surface area contributed by atoms with Crippen LogP contribution in [0.25, 0.3) is 0 Å². The van der Waals surface area contributed by atoms with Crippen molar-refractivity contribution in [3.05, 3.63) is 63.2 Å². The molecule has 1 aromatic carbocycles. The van der Waals surface area contributed by atoms with E-state index in [0.29, 0.717) is 17.1 Å². The summed E-state index contributed by atoms with van der Waals surface area (Å²) in [6.45, 7) is 5.59. The maximum absolute atomic E-state index is 13.7. The third-order valence-corrected chi connectivity index (χ3v) is 5.32. The van der Waals surface area contributed by atoms with Gasteiger partial charge in [0.1, 0.15) is 5.82 Å². The summed E-state index contributed by atoms with van der Waals surface area (Å²) in [5.41, 5.74) is 4.31. The zero-order chi connectivity index (χ0) is 18.8. The van der Waals surface area contributed by atoms with Gasteiger partial charge in [-0.2, -0.15) is 5.10 Å². The number of carbonyl (C=O) groups excluding carboxylic acids is 1. The lowest BCUT2D eigenvalue weighted by molar-refractivity contribution is -0.115. The molecule has 0 bridgehead atoms. The van der Waals surface area contributed by atoms with Crippen LogP contribution in [0.5, 0.6) is 0 Å². The van der Waals surface area contributed by atoms with Crippen molar-refractivity contribution in [1.82, 2.24) is 14.8 Å². The number of benzene rings is 1. The molecule has 0 unspecified atom stereocenters. The van der Waals surface area contributed by atoms with E-state index in [1.165, 1.54) is 11.3 Å². The van der Waals surface area contributed by atoms with Gasteiger partial charge in [-0.25, -0.2) is 9.37 Å². The van der Waals surface area contributed by atoms with Crippen molar-refractivity contribution in [2.75, 3.05) is 5.32 Å². The number of thiazole rings is 1. The first-order valence-electron chi connectivity index (χ1n) is 8.32. The average molecular weight is 372 g/mol. The first kappa shape index (κ1) is 18.3. The highest BCUT2D eigenvalue weighted by atomic mass is 32.1. The van der Waals surface area contributed by atoms with Crippen LogP contribution in [0.1, 0.15) is 33.0 Å². The molecule has 3 aromatic rings. The maximum Gasteiger partial charge on any atom is 0.230 e. The third-order valence-electron chi connectivity index (χ3n) is 4.41. The lowest BCUT2D eigenvalue weighted by atomic mass is 10.1. The molecule has 0 aliphatic heterocycles. The molecule has 0 fully saturated rings. The molecule has 0 radical (unpaired) electrons. The second-order valence-electron chi connectivity index (χ2n) is 6.39. The fourth-order valence-corrected chi connectivity index (χ4v) is 3.65. The average Bonchev–Trinajstić information content (AvgIpc) is 3.10. The predicted molar refractivity (Wildman–Crippen MR) is 101 cm³/mol. The van der Waals surface area contributed by atoms with Crippen molar-refractivity contribution in [2.24, 2.45) is 7.05 Å². The van der Waals surface area contributed by atoms with E-state index in [1.807, 2.05) is 27.0 Å². The Morgan fingerprint density at radius 3 is 2.73 bits per heavy atom. The fourth-order valence-electron chi connectivity index (χ4n) is 2.79. The summed E-state index contributed by atoms with van der Waals surface area (Å²) in [6.07, 6.45) is 2.58. The number of anilines is 1. The first-order chi connectivity index (χ1) is 12.3. The molecular weight excluding hydrogens is 351 g/mol. The number of carbonyl (C=O) groups is 1. The van der Waals surface area contributed by atoms with Crippen LogP contribution in [0.2, 0.25) is 0 Å². The molecule has 136 valence electrons. The van der Waals surface area contributed by atoms with Crippen molar-refractivity contribution in [3.8, 4) is 0 Å². The van der Waals surface area contributed by atoms with Crippen molar-refractivity contribution in [1.29, 1.82) is 0 Å². The van der Waals surface area contributed by atoms with Crippen LogP contribution in [-0.2, 0) is 24.7 Å². The van der Waals surface area contributed by atoms with Gasteiger partial charge in [0.25, 0.3) is 0 Å². The largest absolute Gasteiger partial charge is 0.302 e. The molecule has 0 spiro atoms. The molecule has 1 N–H and O–H groups in total. The zero-order valence-electron chi connectivity index (χ0n) is 15.3. The van der Waals surface area contributed by atoms with Crippen LogP contribution in [-0.4, -0.2) is 20.7 Å². The second-order valence-corrected chi connectivity index (χ2v) is 7.51. The van der Waals surface area contributed by atoms with Gasteiger partial charge in [-0.1, -0.05) is 12.1 Å². The molecule has 5 nitrogen and oxygen atoms in total. The molecule has 0 atom stereocenters. The number of hydrogen-bond acceptors (Lipinski definition) is 4. The molecule has 7 heteroatoms. The fraction of sp³-hybridized carbons (Fsp3) is 0.316. The molecule has 2 heterocycles. The highest BCUT2D eigenvalue weighted by molar-refractivity contribution is 7.15. The molecule has 0 aliphatic carbocycles. The zero-order valence-corrected chi connectivity index (χ0v) is 16.1. The number of nitrogens with one attached hydrogen (secondary N) is 1. The number of aryl methyl sites for hydroxylation is 3. The number of rotatable bonds is 5.